The van der Waals surface area contributed by atoms with Crippen LogP contribution in [-0.2, 0) is 14.3 Å². The van der Waals surface area contributed by atoms with Crippen LogP contribution in [0.1, 0.15) is 19.8 Å². The predicted octanol–water partition coefficient (Wildman–Crippen LogP) is 0.839. The average molecular weight is 154 g/mol. The standard InChI is InChI=1S/C8H10O3/c1-6(9)2-3-7-4-8(10)11-5-7/h4H,2-3,5H2,1H3. The zero-order valence-electron chi connectivity index (χ0n) is 6.42. The Labute approximate surface area is 65.0 Å². The minimum atomic E-state index is -0.288. The molecule has 3 nitrogen and oxygen atoms in total. The van der Waals surface area contributed by atoms with E-state index in [1.807, 2.05) is 0 Å². The molecule has 0 aromatic heterocycles. The summed E-state index contributed by atoms with van der Waals surface area (Å²) in [5.41, 5.74) is 0.921. The van der Waals surface area contributed by atoms with Crippen LogP contribution in [-0.4, -0.2) is 18.4 Å². The number of esters is 1. The molecular formula is C8H10O3. The maximum absolute atomic E-state index is 10.5. The third-order valence-electron chi connectivity index (χ3n) is 1.52. The second-order valence-corrected chi connectivity index (χ2v) is 2.61. The number of ketones is 1. The lowest BCUT2D eigenvalue weighted by molar-refractivity contribution is -0.134. The Balaban J connectivity index is 2.33. The number of carbonyl (C=O) groups excluding carboxylic acids is 2. The fourth-order valence-electron chi connectivity index (χ4n) is 0.895. The van der Waals surface area contributed by atoms with E-state index < -0.39 is 0 Å². The molecule has 1 rings (SSSR count). The number of carbonyl (C=O) groups is 2. The Morgan fingerprint density at radius 1 is 1.73 bits per heavy atom. The molecule has 0 aromatic rings. The fourth-order valence-corrected chi connectivity index (χ4v) is 0.895. The van der Waals surface area contributed by atoms with Crippen LogP contribution in [0, 0.1) is 0 Å². The molecule has 1 heterocycles. The molecule has 0 fully saturated rings. The highest BCUT2D eigenvalue weighted by molar-refractivity contribution is 5.85. The van der Waals surface area contributed by atoms with E-state index in [9.17, 15) is 9.59 Å². The SMILES string of the molecule is CC(=O)CCC1=CC(=O)OC1. The topological polar surface area (TPSA) is 43.4 Å². The van der Waals surface area contributed by atoms with Gasteiger partial charge in [0, 0.05) is 12.5 Å². The molecule has 60 valence electrons. The molecule has 11 heavy (non-hydrogen) atoms. The number of hydrogen-bond acceptors (Lipinski definition) is 3. The molecule has 0 atom stereocenters. The van der Waals surface area contributed by atoms with Gasteiger partial charge in [0.1, 0.15) is 12.4 Å². The average Bonchev–Trinajstić information content (AvgIpc) is 2.31. The highest BCUT2D eigenvalue weighted by atomic mass is 16.5. The van der Waals surface area contributed by atoms with Gasteiger partial charge in [-0.15, -0.1) is 0 Å². The van der Waals surface area contributed by atoms with E-state index in [2.05, 4.69) is 4.74 Å². The van der Waals surface area contributed by atoms with Crippen LogP contribution in [0.25, 0.3) is 0 Å². The zero-order chi connectivity index (χ0) is 8.27. The van der Waals surface area contributed by atoms with Gasteiger partial charge < -0.3 is 9.53 Å². The van der Waals surface area contributed by atoms with Crippen molar-refractivity contribution in [1.82, 2.24) is 0 Å². The van der Waals surface area contributed by atoms with E-state index >= 15 is 0 Å². The number of cyclic esters (lactones) is 1. The third kappa shape index (κ3) is 2.53. The second-order valence-electron chi connectivity index (χ2n) is 2.61. The lowest BCUT2D eigenvalue weighted by Crippen LogP contribution is -1.94. The Morgan fingerprint density at radius 2 is 2.45 bits per heavy atom. The van der Waals surface area contributed by atoms with E-state index in [1.54, 1.807) is 0 Å². The first-order chi connectivity index (χ1) is 5.18. The van der Waals surface area contributed by atoms with Crippen LogP contribution < -0.4 is 0 Å². The van der Waals surface area contributed by atoms with Crippen LogP contribution in [0.2, 0.25) is 0 Å². The Morgan fingerprint density at radius 3 is 2.91 bits per heavy atom. The van der Waals surface area contributed by atoms with Gasteiger partial charge in [0.25, 0.3) is 0 Å². The largest absolute Gasteiger partial charge is 0.458 e. The van der Waals surface area contributed by atoms with Crippen molar-refractivity contribution in [2.24, 2.45) is 0 Å². The molecule has 0 saturated heterocycles. The molecule has 3 heteroatoms. The van der Waals surface area contributed by atoms with Gasteiger partial charge in [-0.3, -0.25) is 0 Å². The van der Waals surface area contributed by atoms with E-state index in [4.69, 9.17) is 0 Å². The molecule has 1 aliphatic rings. The van der Waals surface area contributed by atoms with Crippen molar-refractivity contribution in [2.75, 3.05) is 6.61 Å². The number of hydrogen-bond donors (Lipinski definition) is 0. The molecule has 0 amide bonds. The first-order valence-electron chi connectivity index (χ1n) is 3.54. The molecule has 0 N–H and O–H groups in total. The van der Waals surface area contributed by atoms with Crippen molar-refractivity contribution in [2.45, 2.75) is 19.8 Å². The minimum Gasteiger partial charge on any atom is -0.458 e. The van der Waals surface area contributed by atoms with Crippen molar-refractivity contribution >= 4 is 11.8 Å². The summed E-state index contributed by atoms with van der Waals surface area (Å²) < 4.78 is 4.65. The molecular weight excluding hydrogens is 144 g/mol. The van der Waals surface area contributed by atoms with Crippen molar-refractivity contribution < 1.29 is 14.3 Å². The Bertz CT molecular complexity index is 215. The normalized spacial score (nSPS) is 16.1. The first-order valence-corrected chi connectivity index (χ1v) is 3.54. The summed E-state index contributed by atoms with van der Waals surface area (Å²) in [6.45, 7) is 1.91. The van der Waals surface area contributed by atoms with Crippen LogP contribution in [0.3, 0.4) is 0 Å². The summed E-state index contributed by atoms with van der Waals surface area (Å²) in [6.07, 6.45) is 2.62. The predicted molar refractivity (Wildman–Crippen MR) is 39.0 cm³/mol. The summed E-state index contributed by atoms with van der Waals surface area (Å²) in [6, 6.07) is 0. The smallest absolute Gasteiger partial charge is 0.331 e. The monoisotopic (exact) mass is 154 g/mol. The van der Waals surface area contributed by atoms with E-state index in [1.165, 1.54) is 13.0 Å². The first kappa shape index (κ1) is 7.98. The van der Waals surface area contributed by atoms with Gasteiger partial charge in [-0.2, -0.15) is 0 Å². The molecule has 0 aromatic carbocycles. The van der Waals surface area contributed by atoms with E-state index in [0.717, 1.165) is 5.57 Å². The summed E-state index contributed by atoms with van der Waals surface area (Å²) in [5, 5.41) is 0. The van der Waals surface area contributed by atoms with Gasteiger partial charge in [-0.25, -0.2) is 4.79 Å². The van der Waals surface area contributed by atoms with Crippen molar-refractivity contribution in [3.63, 3.8) is 0 Å². The summed E-state index contributed by atoms with van der Waals surface area (Å²) in [5.74, 6) is -0.145. The van der Waals surface area contributed by atoms with Gasteiger partial charge in [0.2, 0.25) is 0 Å². The van der Waals surface area contributed by atoms with Crippen LogP contribution in [0.4, 0.5) is 0 Å². The van der Waals surface area contributed by atoms with Gasteiger partial charge in [0.15, 0.2) is 0 Å². The third-order valence-corrected chi connectivity index (χ3v) is 1.52. The number of rotatable bonds is 3. The lowest BCUT2D eigenvalue weighted by Gasteiger charge is -1.95. The Kier molecular flexibility index (Phi) is 2.41. The van der Waals surface area contributed by atoms with Crippen molar-refractivity contribution in [3.8, 4) is 0 Å². The second kappa shape index (κ2) is 3.32. The highest BCUT2D eigenvalue weighted by Gasteiger charge is 2.12. The van der Waals surface area contributed by atoms with Gasteiger partial charge >= 0.3 is 5.97 Å². The minimum absolute atomic E-state index is 0.144. The number of Topliss-reactive ketones (excluding diaryl/α,β-unsaturated/α-hetero) is 1. The molecule has 0 spiro atoms. The zero-order valence-corrected chi connectivity index (χ0v) is 6.42. The summed E-state index contributed by atoms with van der Waals surface area (Å²) >= 11 is 0. The van der Waals surface area contributed by atoms with Crippen molar-refractivity contribution in [1.29, 1.82) is 0 Å². The van der Waals surface area contributed by atoms with E-state index in [0.29, 0.717) is 19.4 Å². The highest BCUT2D eigenvalue weighted by Crippen LogP contribution is 2.11. The molecule has 0 radical (unpaired) electrons. The maximum atomic E-state index is 10.5. The van der Waals surface area contributed by atoms with Gasteiger partial charge in [-0.05, 0) is 18.9 Å². The fraction of sp³-hybridized carbons (Fsp3) is 0.500. The molecule has 0 bridgehead atoms. The molecule has 0 saturated carbocycles. The summed E-state index contributed by atoms with van der Waals surface area (Å²) in [4.78, 5) is 21.0. The van der Waals surface area contributed by atoms with Gasteiger partial charge in [0.05, 0.1) is 0 Å². The number of ether oxygens (including phenoxy) is 1. The quantitative estimate of drug-likeness (QED) is 0.566. The van der Waals surface area contributed by atoms with Crippen molar-refractivity contribution in [3.05, 3.63) is 11.6 Å². The molecule has 1 aliphatic heterocycles. The van der Waals surface area contributed by atoms with Crippen LogP contribution >= 0.6 is 0 Å². The van der Waals surface area contributed by atoms with Crippen LogP contribution in [0.15, 0.2) is 11.6 Å². The lowest BCUT2D eigenvalue weighted by atomic mass is 10.1. The summed E-state index contributed by atoms with van der Waals surface area (Å²) in [7, 11) is 0. The molecule has 0 aliphatic carbocycles. The van der Waals surface area contributed by atoms with E-state index in [-0.39, 0.29) is 11.8 Å². The molecule has 0 unspecified atom stereocenters. The Hall–Kier alpha value is -1.12. The van der Waals surface area contributed by atoms with Gasteiger partial charge in [-0.1, -0.05) is 0 Å². The maximum Gasteiger partial charge on any atom is 0.331 e. The van der Waals surface area contributed by atoms with Crippen LogP contribution in [0.5, 0.6) is 0 Å².